The van der Waals surface area contributed by atoms with Crippen molar-refractivity contribution in [1.29, 1.82) is 0 Å². The van der Waals surface area contributed by atoms with Crippen molar-refractivity contribution in [2.75, 3.05) is 32.7 Å². The Kier molecular flexibility index (Phi) is 6.89. The van der Waals surface area contributed by atoms with Crippen molar-refractivity contribution in [2.24, 2.45) is 0 Å². The minimum absolute atomic E-state index is 0.0269. The molecule has 26 heavy (non-hydrogen) atoms. The van der Waals surface area contributed by atoms with Crippen LogP contribution in [0.4, 0.5) is 4.79 Å². The maximum atomic E-state index is 12.3. The van der Waals surface area contributed by atoms with E-state index in [0.29, 0.717) is 38.6 Å². The van der Waals surface area contributed by atoms with Crippen molar-refractivity contribution in [3.8, 4) is 0 Å². The molecule has 142 valence electrons. The summed E-state index contributed by atoms with van der Waals surface area (Å²) in [6, 6.07) is 11.1. The van der Waals surface area contributed by atoms with Crippen LogP contribution in [0.3, 0.4) is 0 Å². The Hall–Kier alpha value is -2.08. The van der Waals surface area contributed by atoms with Gasteiger partial charge in [0.25, 0.3) is 0 Å². The Bertz CT molecular complexity index is 593. The van der Waals surface area contributed by atoms with Crippen molar-refractivity contribution >= 4 is 11.9 Å². The maximum absolute atomic E-state index is 12.3. The van der Waals surface area contributed by atoms with Crippen LogP contribution in [0, 0.1) is 0 Å². The third-order valence-electron chi connectivity index (χ3n) is 5.33. The van der Waals surface area contributed by atoms with Gasteiger partial charge in [-0.2, -0.15) is 0 Å². The Morgan fingerprint density at radius 2 is 2.00 bits per heavy atom. The molecular weight excluding hydrogens is 328 g/mol. The Morgan fingerprint density at radius 1 is 1.15 bits per heavy atom. The first-order valence-electron chi connectivity index (χ1n) is 9.80. The molecule has 0 bridgehead atoms. The predicted octanol–water partition coefficient (Wildman–Crippen LogP) is 1.96. The van der Waals surface area contributed by atoms with E-state index in [4.69, 9.17) is 0 Å². The molecule has 6 nitrogen and oxygen atoms in total. The van der Waals surface area contributed by atoms with Gasteiger partial charge in [-0.3, -0.25) is 9.69 Å². The lowest BCUT2D eigenvalue weighted by Crippen LogP contribution is -2.45. The van der Waals surface area contributed by atoms with Crippen molar-refractivity contribution in [3.63, 3.8) is 0 Å². The second-order valence-corrected chi connectivity index (χ2v) is 7.21. The summed E-state index contributed by atoms with van der Waals surface area (Å²) in [5, 5.41) is 5.85. The van der Waals surface area contributed by atoms with Crippen LogP contribution >= 0.6 is 0 Å². The zero-order valence-corrected chi connectivity index (χ0v) is 15.5. The lowest BCUT2D eigenvalue weighted by atomic mass is 9.98. The monoisotopic (exact) mass is 358 g/mol. The normalized spacial score (nSPS) is 21.8. The second kappa shape index (κ2) is 9.57. The van der Waals surface area contributed by atoms with Crippen LogP contribution in [0.1, 0.15) is 37.7 Å². The fourth-order valence-corrected chi connectivity index (χ4v) is 3.84. The highest BCUT2D eigenvalue weighted by Crippen LogP contribution is 2.21. The highest BCUT2D eigenvalue weighted by atomic mass is 16.2. The largest absolute Gasteiger partial charge is 0.354 e. The summed E-state index contributed by atoms with van der Waals surface area (Å²) in [5.41, 5.74) is 1.35. The number of amides is 3. The first kappa shape index (κ1) is 18.7. The van der Waals surface area contributed by atoms with Gasteiger partial charge in [0.05, 0.1) is 0 Å². The molecule has 1 atom stereocenters. The molecule has 2 N–H and O–H groups in total. The first-order chi connectivity index (χ1) is 12.7. The van der Waals surface area contributed by atoms with E-state index in [-0.39, 0.29) is 11.9 Å². The number of likely N-dealkylation sites (tertiary alicyclic amines) is 1. The molecule has 0 unspecified atom stereocenters. The van der Waals surface area contributed by atoms with Crippen molar-refractivity contribution in [1.82, 2.24) is 20.4 Å². The third kappa shape index (κ3) is 5.46. The highest BCUT2D eigenvalue weighted by Gasteiger charge is 2.23. The van der Waals surface area contributed by atoms with Crippen LogP contribution in [-0.2, 0) is 11.3 Å². The molecule has 3 rings (SSSR count). The van der Waals surface area contributed by atoms with E-state index in [0.717, 1.165) is 19.5 Å². The Balaban J connectivity index is 1.44. The third-order valence-corrected chi connectivity index (χ3v) is 5.33. The van der Waals surface area contributed by atoms with Crippen LogP contribution in [0.2, 0.25) is 0 Å². The lowest BCUT2D eigenvalue weighted by Gasteiger charge is -2.36. The minimum Gasteiger partial charge on any atom is -0.354 e. The second-order valence-electron chi connectivity index (χ2n) is 7.21. The first-order valence-corrected chi connectivity index (χ1v) is 9.80. The number of rotatable bonds is 5. The van der Waals surface area contributed by atoms with Gasteiger partial charge in [-0.25, -0.2) is 4.79 Å². The van der Waals surface area contributed by atoms with E-state index in [1.807, 2.05) is 0 Å². The molecule has 2 heterocycles. The molecule has 0 aromatic heterocycles. The average molecular weight is 358 g/mol. The molecular formula is C20H30N4O2. The van der Waals surface area contributed by atoms with Gasteiger partial charge in [0, 0.05) is 45.2 Å². The molecule has 0 spiro atoms. The molecule has 2 saturated heterocycles. The van der Waals surface area contributed by atoms with Crippen LogP contribution in [0.15, 0.2) is 30.3 Å². The van der Waals surface area contributed by atoms with Gasteiger partial charge in [0.1, 0.15) is 0 Å². The summed E-state index contributed by atoms with van der Waals surface area (Å²) in [6.07, 6.45) is 5.09. The van der Waals surface area contributed by atoms with Crippen molar-refractivity contribution in [3.05, 3.63) is 35.9 Å². The fraction of sp³-hybridized carbons (Fsp3) is 0.600. The van der Waals surface area contributed by atoms with Gasteiger partial charge < -0.3 is 15.5 Å². The molecule has 3 amide bonds. The summed E-state index contributed by atoms with van der Waals surface area (Å²) in [5.74, 6) is 0.0269. The summed E-state index contributed by atoms with van der Waals surface area (Å²) in [7, 11) is 0. The molecule has 6 heteroatoms. The van der Waals surface area contributed by atoms with Crippen LogP contribution in [0.5, 0.6) is 0 Å². The smallest absolute Gasteiger partial charge is 0.317 e. The summed E-state index contributed by atoms with van der Waals surface area (Å²) in [4.78, 5) is 28.0. The zero-order valence-electron chi connectivity index (χ0n) is 15.5. The van der Waals surface area contributed by atoms with E-state index in [1.165, 1.54) is 24.8 Å². The van der Waals surface area contributed by atoms with Gasteiger partial charge in [0.2, 0.25) is 5.91 Å². The van der Waals surface area contributed by atoms with Gasteiger partial charge >= 0.3 is 6.03 Å². The zero-order chi connectivity index (χ0) is 18.2. The van der Waals surface area contributed by atoms with E-state index in [1.54, 1.807) is 4.90 Å². The minimum atomic E-state index is -0.0491. The average Bonchev–Trinajstić information content (AvgIpc) is 2.88. The van der Waals surface area contributed by atoms with Crippen LogP contribution in [0.25, 0.3) is 0 Å². The molecule has 1 aromatic rings. The lowest BCUT2D eigenvalue weighted by molar-refractivity contribution is -0.120. The SMILES string of the molecule is O=C1CCN(C(=O)NCC[C@@H]2CCCCN2Cc2ccccc2)CCN1. The van der Waals surface area contributed by atoms with E-state index in [2.05, 4.69) is 45.9 Å². The molecule has 0 saturated carbocycles. The Labute approximate surface area is 155 Å². The van der Waals surface area contributed by atoms with E-state index >= 15 is 0 Å². The maximum Gasteiger partial charge on any atom is 0.317 e. The molecule has 0 aliphatic carbocycles. The van der Waals surface area contributed by atoms with Crippen molar-refractivity contribution < 1.29 is 9.59 Å². The van der Waals surface area contributed by atoms with Gasteiger partial charge in [-0.05, 0) is 31.4 Å². The molecule has 2 fully saturated rings. The van der Waals surface area contributed by atoms with E-state index < -0.39 is 0 Å². The summed E-state index contributed by atoms with van der Waals surface area (Å²) in [6.45, 7) is 4.43. The summed E-state index contributed by atoms with van der Waals surface area (Å²) >= 11 is 0. The molecule has 2 aliphatic heterocycles. The van der Waals surface area contributed by atoms with Gasteiger partial charge in [-0.1, -0.05) is 36.8 Å². The van der Waals surface area contributed by atoms with Crippen LogP contribution < -0.4 is 10.6 Å². The number of piperidine rings is 1. The molecule has 1 aromatic carbocycles. The fourth-order valence-electron chi connectivity index (χ4n) is 3.84. The molecule has 2 aliphatic rings. The number of benzene rings is 1. The van der Waals surface area contributed by atoms with Gasteiger partial charge in [-0.15, -0.1) is 0 Å². The number of carbonyl (C=O) groups excluding carboxylic acids is 2. The molecule has 0 radical (unpaired) electrons. The number of nitrogens with zero attached hydrogens (tertiary/aromatic N) is 2. The van der Waals surface area contributed by atoms with Crippen LogP contribution in [-0.4, -0.2) is 60.5 Å². The number of hydrogen-bond donors (Lipinski definition) is 2. The number of urea groups is 1. The predicted molar refractivity (Wildman–Crippen MR) is 102 cm³/mol. The number of carbonyl (C=O) groups is 2. The Morgan fingerprint density at radius 3 is 2.85 bits per heavy atom. The van der Waals surface area contributed by atoms with Crippen molar-refractivity contribution in [2.45, 2.75) is 44.7 Å². The highest BCUT2D eigenvalue weighted by molar-refractivity contribution is 5.79. The summed E-state index contributed by atoms with van der Waals surface area (Å²) < 4.78 is 0. The number of nitrogens with one attached hydrogen (secondary N) is 2. The van der Waals surface area contributed by atoms with E-state index in [9.17, 15) is 9.59 Å². The standard InChI is InChI=1S/C20H30N4O2/c25-19-10-14-23(15-12-21-19)20(26)22-11-9-18-8-4-5-13-24(18)16-17-6-2-1-3-7-17/h1-3,6-7,18H,4-5,8-16H2,(H,21,25)(H,22,26)/t18-/m0/s1. The van der Waals surface area contributed by atoms with Gasteiger partial charge in [0.15, 0.2) is 0 Å². The number of hydrogen-bond acceptors (Lipinski definition) is 3. The quantitative estimate of drug-likeness (QED) is 0.846. The topological polar surface area (TPSA) is 64.7 Å².